The summed E-state index contributed by atoms with van der Waals surface area (Å²) in [6.45, 7) is 1.81. The molecular formula is C23H20FN3O3S. The van der Waals surface area contributed by atoms with Crippen LogP contribution in [-0.4, -0.2) is 15.0 Å². The van der Waals surface area contributed by atoms with Crippen LogP contribution in [0.15, 0.2) is 69.6 Å². The van der Waals surface area contributed by atoms with Gasteiger partial charge in [-0.15, -0.1) is 11.3 Å². The Morgan fingerprint density at radius 2 is 1.65 bits per heavy atom. The van der Waals surface area contributed by atoms with Crippen molar-refractivity contribution in [2.75, 3.05) is 5.32 Å². The third-order valence-corrected chi connectivity index (χ3v) is 5.93. The molecule has 31 heavy (non-hydrogen) atoms. The monoisotopic (exact) mass is 437 g/mol. The lowest BCUT2D eigenvalue weighted by molar-refractivity contribution is -0.116. The Labute approximate surface area is 181 Å². The maximum absolute atomic E-state index is 13.2. The van der Waals surface area contributed by atoms with E-state index in [1.807, 2.05) is 31.2 Å². The fourth-order valence-electron chi connectivity index (χ4n) is 3.37. The Hall–Kier alpha value is -3.52. The second kappa shape index (κ2) is 8.69. The molecule has 2 aromatic heterocycles. The highest BCUT2D eigenvalue weighted by Gasteiger charge is 2.17. The van der Waals surface area contributed by atoms with Gasteiger partial charge in [0.2, 0.25) is 5.91 Å². The molecular weight excluding hydrogens is 417 g/mol. The van der Waals surface area contributed by atoms with Crippen LogP contribution in [0.2, 0.25) is 0 Å². The number of carbonyl (C=O) groups is 1. The Morgan fingerprint density at radius 1 is 0.968 bits per heavy atom. The van der Waals surface area contributed by atoms with Gasteiger partial charge in [0.25, 0.3) is 5.56 Å². The minimum absolute atomic E-state index is 0.00805. The highest BCUT2D eigenvalue weighted by atomic mass is 32.1. The largest absolute Gasteiger partial charge is 0.332 e. The lowest BCUT2D eigenvalue weighted by Gasteiger charge is -2.13. The lowest BCUT2D eigenvalue weighted by atomic mass is 10.1. The Kier molecular flexibility index (Phi) is 5.81. The van der Waals surface area contributed by atoms with Crippen molar-refractivity contribution in [2.45, 2.75) is 26.4 Å². The summed E-state index contributed by atoms with van der Waals surface area (Å²) in [5.74, 6) is -0.767. The van der Waals surface area contributed by atoms with Crippen LogP contribution in [0, 0.1) is 5.82 Å². The van der Waals surface area contributed by atoms with E-state index in [1.54, 1.807) is 11.4 Å². The first-order chi connectivity index (χ1) is 15.0. The molecule has 1 N–H and O–H groups in total. The molecule has 4 aromatic rings. The van der Waals surface area contributed by atoms with Crippen molar-refractivity contribution in [3.05, 3.63) is 97.8 Å². The predicted molar refractivity (Wildman–Crippen MR) is 120 cm³/mol. The number of fused-ring (bicyclic) bond motifs is 1. The summed E-state index contributed by atoms with van der Waals surface area (Å²) in [6.07, 6.45) is 0.898. The average Bonchev–Trinajstić information content (AvgIpc) is 3.26. The van der Waals surface area contributed by atoms with Gasteiger partial charge in [-0.3, -0.25) is 18.7 Å². The number of thiophene rings is 1. The van der Waals surface area contributed by atoms with Crippen LogP contribution in [0.5, 0.6) is 0 Å². The van der Waals surface area contributed by atoms with E-state index in [4.69, 9.17) is 0 Å². The van der Waals surface area contributed by atoms with Gasteiger partial charge < -0.3 is 5.32 Å². The predicted octanol–water partition coefficient (Wildman–Crippen LogP) is 3.61. The minimum Gasteiger partial charge on any atom is -0.325 e. The molecule has 0 atom stereocenters. The molecule has 8 heteroatoms. The van der Waals surface area contributed by atoms with Crippen LogP contribution in [-0.2, 0) is 24.3 Å². The molecule has 0 saturated heterocycles. The number of carbonyl (C=O) groups excluding carboxylic acids is 1. The first kappa shape index (κ1) is 20.7. The number of aromatic nitrogens is 2. The van der Waals surface area contributed by atoms with E-state index < -0.39 is 17.1 Å². The van der Waals surface area contributed by atoms with Crippen molar-refractivity contribution in [1.82, 2.24) is 9.13 Å². The maximum Gasteiger partial charge on any atom is 0.332 e. The number of aryl methyl sites for hydroxylation is 1. The van der Waals surface area contributed by atoms with Crippen molar-refractivity contribution >= 4 is 33.1 Å². The molecule has 0 saturated carbocycles. The van der Waals surface area contributed by atoms with Crippen molar-refractivity contribution in [1.29, 1.82) is 0 Å². The smallest absolute Gasteiger partial charge is 0.325 e. The van der Waals surface area contributed by atoms with Crippen LogP contribution in [0.1, 0.15) is 18.1 Å². The van der Waals surface area contributed by atoms with E-state index in [0.29, 0.717) is 21.5 Å². The van der Waals surface area contributed by atoms with Crippen LogP contribution in [0.4, 0.5) is 10.1 Å². The third kappa shape index (κ3) is 4.34. The number of amides is 1. The summed E-state index contributed by atoms with van der Waals surface area (Å²) in [5.41, 5.74) is 1.82. The zero-order valence-electron chi connectivity index (χ0n) is 16.8. The molecule has 0 spiro atoms. The standard InChI is InChI=1S/C23H20FN3O3S/c1-2-15-5-9-18(10-6-15)25-20(28)14-26-19-11-12-31-21(19)22(29)27(23(26)30)13-16-3-7-17(24)8-4-16/h3-12H,2,13-14H2,1H3,(H,25,28). The van der Waals surface area contributed by atoms with Crippen molar-refractivity contribution in [3.63, 3.8) is 0 Å². The van der Waals surface area contributed by atoms with Gasteiger partial charge in [-0.05, 0) is 53.3 Å². The van der Waals surface area contributed by atoms with Crippen molar-refractivity contribution < 1.29 is 9.18 Å². The quantitative estimate of drug-likeness (QED) is 0.501. The van der Waals surface area contributed by atoms with Crippen molar-refractivity contribution in [2.24, 2.45) is 0 Å². The summed E-state index contributed by atoms with van der Waals surface area (Å²) in [7, 11) is 0. The minimum atomic E-state index is -0.586. The summed E-state index contributed by atoms with van der Waals surface area (Å²) in [6, 6.07) is 14.8. The molecule has 2 aromatic carbocycles. The number of nitrogens with zero attached hydrogens (tertiary/aromatic N) is 2. The lowest BCUT2D eigenvalue weighted by Crippen LogP contribution is -2.41. The Balaban J connectivity index is 1.67. The van der Waals surface area contributed by atoms with Gasteiger partial charge in [-0.1, -0.05) is 31.2 Å². The first-order valence-corrected chi connectivity index (χ1v) is 10.7. The zero-order chi connectivity index (χ0) is 22.0. The third-order valence-electron chi connectivity index (χ3n) is 5.04. The average molecular weight is 437 g/mol. The number of hydrogen-bond acceptors (Lipinski definition) is 4. The molecule has 0 aliphatic carbocycles. The fraction of sp³-hybridized carbons (Fsp3) is 0.174. The van der Waals surface area contributed by atoms with E-state index in [1.165, 1.54) is 40.2 Å². The van der Waals surface area contributed by atoms with E-state index in [0.717, 1.165) is 16.6 Å². The maximum atomic E-state index is 13.2. The highest BCUT2D eigenvalue weighted by Crippen LogP contribution is 2.16. The number of halogens is 1. The molecule has 0 aliphatic rings. The molecule has 0 aliphatic heterocycles. The molecule has 158 valence electrons. The second-order valence-electron chi connectivity index (χ2n) is 7.12. The van der Waals surface area contributed by atoms with Gasteiger partial charge in [-0.2, -0.15) is 0 Å². The number of hydrogen-bond donors (Lipinski definition) is 1. The number of benzene rings is 2. The molecule has 6 nitrogen and oxygen atoms in total. The Bertz CT molecular complexity index is 1350. The van der Waals surface area contributed by atoms with Crippen LogP contribution in [0.25, 0.3) is 10.2 Å². The van der Waals surface area contributed by atoms with Crippen LogP contribution < -0.4 is 16.6 Å². The van der Waals surface area contributed by atoms with E-state index in [-0.39, 0.29) is 19.0 Å². The van der Waals surface area contributed by atoms with Gasteiger partial charge in [0, 0.05) is 5.69 Å². The van der Waals surface area contributed by atoms with Gasteiger partial charge in [0.15, 0.2) is 0 Å². The first-order valence-electron chi connectivity index (χ1n) is 9.80. The topological polar surface area (TPSA) is 73.1 Å². The van der Waals surface area contributed by atoms with Gasteiger partial charge >= 0.3 is 5.69 Å². The van der Waals surface area contributed by atoms with E-state index >= 15 is 0 Å². The molecule has 1 amide bonds. The summed E-state index contributed by atoms with van der Waals surface area (Å²) in [4.78, 5) is 38.6. The van der Waals surface area contributed by atoms with Crippen LogP contribution >= 0.6 is 11.3 Å². The molecule has 0 fully saturated rings. The summed E-state index contributed by atoms with van der Waals surface area (Å²) < 4.78 is 16.0. The molecule has 0 radical (unpaired) electrons. The van der Waals surface area contributed by atoms with Crippen LogP contribution in [0.3, 0.4) is 0 Å². The number of nitrogens with one attached hydrogen (secondary N) is 1. The van der Waals surface area contributed by atoms with E-state index in [2.05, 4.69) is 5.32 Å². The zero-order valence-corrected chi connectivity index (χ0v) is 17.6. The second-order valence-corrected chi connectivity index (χ2v) is 8.04. The highest BCUT2D eigenvalue weighted by molar-refractivity contribution is 7.17. The van der Waals surface area contributed by atoms with Gasteiger partial charge in [-0.25, -0.2) is 9.18 Å². The summed E-state index contributed by atoms with van der Waals surface area (Å²) >= 11 is 1.21. The van der Waals surface area contributed by atoms with Gasteiger partial charge in [0.1, 0.15) is 17.1 Å². The van der Waals surface area contributed by atoms with Gasteiger partial charge in [0.05, 0.1) is 12.1 Å². The SMILES string of the molecule is CCc1ccc(NC(=O)Cn2c(=O)n(Cc3ccc(F)cc3)c(=O)c3sccc32)cc1. The molecule has 4 rings (SSSR count). The number of rotatable bonds is 6. The normalized spacial score (nSPS) is 11.0. The van der Waals surface area contributed by atoms with Crippen molar-refractivity contribution in [3.8, 4) is 0 Å². The number of anilines is 1. The molecule has 2 heterocycles. The molecule has 0 unspecified atom stereocenters. The molecule has 0 bridgehead atoms. The summed E-state index contributed by atoms with van der Waals surface area (Å²) in [5, 5.41) is 4.51. The fourth-order valence-corrected chi connectivity index (χ4v) is 4.21. The Morgan fingerprint density at radius 3 is 2.32 bits per heavy atom. The van der Waals surface area contributed by atoms with E-state index in [9.17, 15) is 18.8 Å².